The van der Waals surface area contributed by atoms with E-state index in [4.69, 9.17) is 26.4 Å². The van der Waals surface area contributed by atoms with Gasteiger partial charge in [-0.25, -0.2) is 5.10 Å². The Bertz CT molecular complexity index is 1330. The van der Waals surface area contributed by atoms with Gasteiger partial charge in [-0.3, -0.25) is 0 Å². The van der Waals surface area contributed by atoms with E-state index in [9.17, 15) is 0 Å². The highest BCUT2D eigenvalue weighted by atomic mass is 32.1. The first kappa shape index (κ1) is 23.3. The third-order valence-corrected chi connectivity index (χ3v) is 5.13. The summed E-state index contributed by atoms with van der Waals surface area (Å²) >= 11 is 5.40. The van der Waals surface area contributed by atoms with Gasteiger partial charge in [0, 0.05) is 5.56 Å². The van der Waals surface area contributed by atoms with Crippen molar-refractivity contribution in [3.8, 4) is 28.6 Å². The first-order valence-corrected chi connectivity index (χ1v) is 11.3. The Labute approximate surface area is 203 Å². The lowest BCUT2D eigenvalue weighted by Gasteiger charge is -2.11. The molecule has 174 valence electrons. The topological polar surface area (TPSA) is 73.7 Å². The quantitative estimate of drug-likeness (QED) is 0.243. The molecule has 34 heavy (non-hydrogen) atoms. The van der Waals surface area contributed by atoms with E-state index in [1.54, 1.807) is 18.0 Å². The maximum absolute atomic E-state index is 5.94. The highest BCUT2D eigenvalue weighted by Gasteiger charge is 2.10. The Morgan fingerprint density at radius 3 is 2.62 bits per heavy atom. The van der Waals surface area contributed by atoms with Crippen LogP contribution < -0.4 is 14.2 Å². The number of methoxy groups -OCH3 is 1. The van der Waals surface area contributed by atoms with Gasteiger partial charge in [0.05, 0.1) is 19.4 Å². The largest absolute Gasteiger partial charge is 0.493 e. The molecule has 0 aliphatic rings. The van der Waals surface area contributed by atoms with Crippen molar-refractivity contribution in [2.75, 3.05) is 7.11 Å². The van der Waals surface area contributed by atoms with Crippen molar-refractivity contribution in [2.24, 2.45) is 5.10 Å². The van der Waals surface area contributed by atoms with Crippen LogP contribution in [0.2, 0.25) is 0 Å². The van der Waals surface area contributed by atoms with Crippen LogP contribution in [0.5, 0.6) is 17.2 Å². The third kappa shape index (κ3) is 5.71. The van der Waals surface area contributed by atoms with E-state index in [0.717, 1.165) is 22.4 Å². The maximum Gasteiger partial charge on any atom is 0.216 e. The van der Waals surface area contributed by atoms with E-state index in [0.29, 0.717) is 28.7 Å². The van der Waals surface area contributed by atoms with Crippen LogP contribution in [0, 0.1) is 4.77 Å². The summed E-state index contributed by atoms with van der Waals surface area (Å²) in [6.45, 7) is 4.43. The summed E-state index contributed by atoms with van der Waals surface area (Å²) in [6.07, 6.45) is 1.77. The molecule has 0 aliphatic heterocycles. The number of hydrogen-bond donors (Lipinski definition) is 1. The molecule has 1 aromatic heterocycles. The van der Waals surface area contributed by atoms with E-state index < -0.39 is 0 Å². The number of nitrogens with zero attached hydrogens (tertiary/aromatic N) is 3. The average molecular weight is 475 g/mol. The number of benzene rings is 3. The molecule has 0 bridgehead atoms. The van der Waals surface area contributed by atoms with Crippen LogP contribution >= 0.6 is 12.2 Å². The predicted molar refractivity (Wildman–Crippen MR) is 135 cm³/mol. The van der Waals surface area contributed by atoms with Gasteiger partial charge in [-0.15, -0.1) is 0 Å². The van der Waals surface area contributed by atoms with Crippen molar-refractivity contribution < 1.29 is 14.2 Å². The molecule has 0 saturated carbocycles. The molecule has 7 nitrogen and oxygen atoms in total. The highest BCUT2D eigenvalue weighted by Crippen LogP contribution is 2.29. The number of aromatic amines is 1. The van der Waals surface area contributed by atoms with Crippen molar-refractivity contribution in [2.45, 2.75) is 26.6 Å². The van der Waals surface area contributed by atoms with E-state index >= 15 is 0 Å². The van der Waals surface area contributed by atoms with Crippen LogP contribution in [0.15, 0.2) is 77.9 Å². The zero-order valence-corrected chi connectivity index (χ0v) is 20.1. The van der Waals surface area contributed by atoms with E-state index in [2.05, 4.69) is 15.3 Å². The summed E-state index contributed by atoms with van der Waals surface area (Å²) in [7, 11) is 1.61. The molecule has 0 amide bonds. The molecule has 0 unspecified atom stereocenters. The van der Waals surface area contributed by atoms with Gasteiger partial charge >= 0.3 is 0 Å². The minimum absolute atomic E-state index is 0.0729. The van der Waals surface area contributed by atoms with Crippen molar-refractivity contribution >= 4 is 18.4 Å². The fourth-order valence-electron chi connectivity index (χ4n) is 3.31. The monoisotopic (exact) mass is 474 g/mol. The minimum atomic E-state index is 0.0729. The highest BCUT2D eigenvalue weighted by molar-refractivity contribution is 7.71. The lowest BCUT2D eigenvalue weighted by atomic mass is 10.2. The van der Waals surface area contributed by atoms with Gasteiger partial charge in [0.25, 0.3) is 0 Å². The summed E-state index contributed by atoms with van der Waals surface area (Å²) in [5.41, 5.74) is 2.75. The Morgan fingerprint density at radius 1 is 1.03 bits per heavy atom. The molecule has 8 heteroatoms. The molecule has 1 N–H and O–H groups in total. The zero-order chi connectivity index (χ0) is 23.9. The molecule has 0 fully saturated rings. The molecule has 3 aromatic carbocycles. The summed E-state index contributed by atoms with van der Waals surface area (Å²) in [5.74, 6) is 2.62. The molecule has 4 aromatic rings. The minimum Gasteiger partial charge on any atom is -0.493 e. The molecular formula is C26H26N4O3S. The molecule has 1 heterocycles. The predicted octanol–water partition coefficient (Wildman–Crippen LogP) is 5.86. The van der Waals surface area contributed by atoms with Gasteiger partial charge in [0.15, 0.2) is 17.3 Å². The first-order chi connectivity index (χ1) is 16.5. The van der Waals surface area contributed by atoms with Gasteiger partial charge in [-0.05, 0) is 67.5 Å². The van der Waals surface area contributed by atoms with Crippen LogP contribution in [0.4, 0.5) is 0 Å². The van der Waals surface area contributed by atoms with E-state index in [-0.39, 0.29) is 6.10 Å². The third-order valence-electron chi connectivity index (χ3n) is 4.86. The molecular weight excluding hydrogens is 448 g/mol. The van der Waals surface area contributed by atoms with E-state index in [1.807, 2.05) is 86.6 Å². The van der Waals surface area contributed by atoms with Gasteiger partial charge in [-0.1, -0.05) is 42.5 Å². The lowest BCUT2D eigenvalue weighted by Crippen LogP contribution is -2.05. The van der Waals surface area contributed by atoms with Crippen LogP contribution in [-0.2, 0) is 6.61 Å². The number of ether oxygens (including phenoxy) is 3. The Hall–Kier alpha value is -3.91. The standard InChI is InChI=1S/C26H26N4O3S/c1-18(2)33-22-11-7-10-21(15-22)25-28-29-26(34)30(25)27-16-20-12-13-23(24(14-20)31-3)32-17-19-8-5-4-6-9-19/h4-16,18H,17H2,1-3H3,(H,29,34). The summed E-state index contributed by atoms with van der Waals surface area (Å²) in [4.78, 5) is 0. The van der Waals surface area contributed by atoms with E-state index in [1.165, 1.54) is 0 Å². The van der Waals surface area contributed by atoms with Crippen LogP contribution in [-0.4, -0.2) is 34.3 Å². The molecule has 4 rings (SSSR count). The fraction of sp³-hybridized carbons (Fsp3) is 0.192. The van der Waals surface area contributed by atoms with Gasteiger partial charge in [0.2, 0.25) is 4.77 Å². The summed E-state index contributed by atoms with van der Waals surface area (Å²) in [6, 6.07) is 23.3. The number of aromatic nitrogens is 3. The Kier molecular flexibility index (Phi) is 7.39. The number of nitrogens with one attached hydrogen (secondary N) is 1. The molecule has 0 atom stereocenters. The average Bonchev–Trinajstić information content (AvgIpc) is 3.22. The van der Waals surface area contributed by atoms with Crippen molar-refractivity contribution in [3.05, 3.63) is 88.7 Å². The lowest BCUT2D eigenvalue weighted by molar-refractivity contribution is 0.242. The van der Waals surface area contributed by atoms with Crippen LogP contribution in [0.1, 0.15) is 25.0 Å². The number of rotatable bonds is 9. The number of hydrogen-bond acceptors (Lipinski definition) is 6. The molecule has 0 aliphatic carbocycles. The van der Waals surface area contributed by atoms with Crippen molar-refractivity contribution in [3.63, 3.8) is 0 Å². The first-order valence-electron chi connectivity index (χ1n) is 10.9. The van der Waals surface area contributed by atoms with Crippen LogP contribution in [0.3, 0.4) is 0 Å². The van der Waals surface area contributed by atoms with Crippen molar-refractivity contribution in [1.29, 1.82) is 0 Å². The Morgan fingerprint density at radius 2 is 1.85 bits per heavy atom. The summed E-state index contributed by atoms with van der Waals surface area (Å²) < 4.78 is 19.2. The smallest absolute Gasteiger partial charge is 0.216 e. The zero-order valence-electron chi connectivity index (χ0n) is 19.3. The van der Waals surface area contributed by atoms with Crippen molar-refractivity contribution in [1.82, 2.24) is 14.9 Å². The second-order valence-electron chi connectivity index (χ2n) is 7.79. The van der Waals surface area contributed by atoms with Gasteiger partial charge in [-0.2, -0.15) is 14.9 Å². The second kappa shape index (κ2) is 10.8. The second-order valence-corrected chi connectivity index (χ2v) is 8.17. The van der Waals surface area contributed by atoms with Gasteiger partial charge in [0.1, 0.15) is 12.4 Å². The maximum atomic E-state index is 5.94. The fourth-order valence-corrected chi connectivity index (χ4v) is 3.49. The normalized spacial score (nSPS) is 11.2. The summed E-state index contributed by atoms with van der Waals surface area (Å²) in [5, 5.41) is 11.7. The Balaban J connectivity index is 1.55. The molecule has 0 spiro atoms. The number of H-pyrrole nitrogens is 1. The molecule has 0 radical (unpaired) electrons. The van der Waals surface area contributed by atoms with Gasteiger partial charge < -0.3 is 14.2 Å². The molecule has 0 saturated heterocycles. The SMILES string of the molecule is COc1cc(C=Nn2c(-c3cccc(OC(C)C)c3)n[nH]c2=S)ccc1OCc1ccccc1. The van der Waals surface area contributed by atoms with Crippen LogP contribution in [0.25, 0.3) is 11.4 Å².